The van der Waals surface area contributed by atoms with Gasteiger partial charge in [-0.1, -0.05) is 6.07 Å². The van der Waals surface area contributed by atoms with Gasteiger partial charge >= 0.3 is 0 Å². The highest BCUT2D eigenvalue weighted by Gasteiger charge is 2.38. The number of carboxylic acid groups (broad SMARTS) is 1. The van der Waals surface area contributed by atoms with Crippen LogP contribution in [0.25, 0.3) is 0 Å². The van der Waals surface area contributed by atoms with E-state index in [1.165, 1.54) is 0 Å². The highest BCUT2D eigenvalue weighted by atomic mass is 16.4. The highest BCUT2D eigenvalue weighted by molar-refractivity contribution is 5.77. The molecule has 2 rings (SSSR count). The van der Waals surface area contributed by atoms with Crippen LogP contribution < -0.4 is 10.8 Å². The third-order valence-electron chi connectivity index (χ3n) is 2.68. The average Bonchev–Trinajstić information content (AvgIpc) is 2.42. The summed E-state index contributed by atoms with van der Waals surface area (Å²) in [6, 6.07) is 4.88. The molecule has 1 aromatic rings. The molecule has 82 valence electrons. The molecular weight excluding hydrogens is 198 g/mol. The lowest BCUT2D eigenvalue weighted by molar-refractivity contribution is -0.483. The molecule has 5 heteroatoms. The van der Waals surface area contributed by atoms with Gasteiger partial charge in [0.2, 0.25) is 0 Å². The third kappa shape index (κ3) is 1.79. The Bertz CT molecular complexity index is 404. The maximum absolute atomic E-state index is 10.8. The number of fused-ring (bicyclic) bond motifs is 1. The molecule has 1 atom stereocenters. The Morgan fingerprint density at radius 1 is 1.40 bits per heavy atom. The minimum atomic E-state index is -1.13. The van der Waals surface area contributed by atoms with Crippen LogP contribution in [-0.2, 0) is 17.6 Å². The first-order chi connectivity index (χ1) is 6.51. The van der Waals surface area contributed by atoms with Crippen LogP contribution in [-0.4, -0.2) is 22.1 Å². The van der Waals surface area contributed by atoms with Gasteiger partial charge in [-0.15, -0.1) is 0 Å². The number of aliphatic carboxylic acids is 1. The van der Waals surface area contributed by atoms with E-state index < -0.39 is 11.5 Å². The topological polar surface area (TPSA) is 120 Å². The number of carboxylic acids is 1. The van der Waals surface area contributed by atoms with Crippen LogP contribution in [0.5, 0.6) is 5.75 Å². The van der Waals surface area contributed by atoms with Crippen molar-refractivity contribution < 1.29 is 26.2 Å². The molecule has 0 spiro atoms. The predicted octanol–water partition coefficient (Wildman–Crippen LogP) is -2.60. The zero-order chi connectivity index (χ0) is 10.3. The molecule has 0 radical (unpaired) electrons. The van der Waals surface area contributed by atoms with E-state index >= 15 is 0 Å². The molecule has 0 aliphatic heterocycles. The number of rotatable bonds is 1. The van der Waals surface area contributed by atoms with Crippen LogP contribution in [0.2, 0.25) is 0 Å². The summed E-state index contributed by atoms with van der Waals surface area (Å²) < 4.78 is 0. The standard InChI is InChI=1S/C10H11NO3.H2O/c11-10(9(13)14)4-6-1-2-8(12)3-7(6)5-10;/h1-3,12H,4-5,11H2,(H,13,14);1H2/t10-;/m0./s1. The number of phenolic OH excluding ortho intramolecular Hbond substituents is 1. The Labute approximate surface area is 86.5 Å². The molecule has 1 aromatic carbocycles. The Hall–Kier alpha value is -1.59. The zero-order valence-electron chi connectivity index (χ0n) is 8.12. The largest absolute Gasteiger partial charge is 0.544 e. The number of phenols is 1. The lowest BCUT2D eigenvalue weighted by atomic mass is 9.98. The van der Waals surface area contributed by atoms with Crippen LogP contribution in [0.15, 0.2) is 18.2 Å². The molecular formula is C10H13NO4. The molecule has 0 unspecified atom stereocenters. The molecule has 0 fully saturated rings. The van der Waals surface area contributed by atoms with Gasteiger partial charge in [0.25, 0.3) is 0 Å². The molecule has 1 aliphatic carbocycles. The molecule has 1 aliphatic rings. The van der Waals surface area contributed by atoms with Crippen molar-refractivity contribution in [3.8, 4) is 5.75 Å². The molecule has 0 heterocycles. The van der Waals surface area contributed by atoms with E-state index in [2.05, 4.69) is 5.73 Å². The second-order valence-electron chi connectivity index (χ2n) is 3.87. The van der Waals surface area contributed by atoms with Gasteiger partial charge in [-0.05, 0) is 23.3 Å². The summed E-state index contributed by atoms with van der Waals surface area (Å²) in [4.78, 5) is 10.8. The van der Waals surface area contributed by atoms with Gasteiger partial charge in [-0.25, -0.2) is 0 Å². The second kappa shape index (κ2) is 3.52. The SMILES string of the molecule is O.[NH3+][C@@]1(C(=O)[O-])Cc2ccc(O)cc2C1. The number of aromatic hydroxyl groups is 1. The summed E-state index contributed by atoms with van der Waals surface area (Å²) in [5.74, 6) is -0.973. The maximum Gasteiger partial charge on any atom is 0.143 e. The first kappa shape index (κ1) is 11.5. The maximum atomic E-state index is 10.8. The summed E-state index contributed by atoms with van der Waals surface area (Å²) in [6.45, 7) is 0. The number of carbonyl (C=O) groups excluding carboxylic acids is 1. The van der Waals surface area contributed by atoms with E-state index in [9.17, 15) is 15.0 Å². The fraction of sp³-hybridized carbons (Fsp3) is 0.300. The normalized spacial score (nSPS) is 23.0. The summed E-state index contributed by atoms with van der Waals surface area (Å²) in [6.07, 6.45) is 0.712. The lowest BCUT2D eigenvalue weighted by Crippen LogP contribution is -2.80. The van der Waals surface area contributed by atoms with Gasteiger partial charge < -0.3 is 26.2 Å². The average molecular weight is 211 g/mol. The van der Waals surface area contributed by atoms with Crippen molar-refractivity contribution in [3.05, 3.63) is 29.3 Å². The van der Waals surface area contributed by atoms with Crippen LogP contribution in [0.3, 0.4) is 0 Å². The van der Waals surface area contributed by atoms with Crippen molar-refractivity contribution in [2.45, 2.75) is 18.4 Å². The molecule has 0 saturated carbocycles. The zero-order valence-corrected chi connectivity index (χ0v) is 8.12. The van der Waals surface area contributed by atoms with Gasteiger partial charge in [0.1, 0.15) is 17.3 Å². The number of carbonyl (C=O) groups is 1. The Morgan fingerprint density at radius 3 is 2.60 bits per heavy atom. The Kier molecular flexibility index (Phi) is 2.70. The van der Waals surface area contributed by atoms with Gasteiger partial charge in [-0.2, -0.15) is 0 Å². The van der Waals surface area contributed by atoms with E-state index in [-0.39, 0.29) is 11.2 Å². The molecule has 0 amide bonds. The lowest BCUT2D eigenvalue weighted by Gasteiger charge is -2.20. The minimum absolute atomic E-state index is 0. The second-order valence-corrected chi connectivity index (χ2v) is 3.87. The first-order valence-corrected chi connectivity index (χ1v) is 4.39. The van der Waals surface area contributed by atoms with Gasteiger partial charge in [0.05, 0.1) is 0 Å². The number of benzene rings is 1. The van der Waals surface area contributed by atoms with Crippen LogP contribution >= 0.6 is 0 Å². The van der Waals surface area contributed by atoms with E-state index in [0.717, 1.165) is 11.1 Å². The molecule has 0 aromatic heterocycles. The molecule has 0 saturated heterocycles. The third-order valence-corrected chi connectivity index (χ3v) is 2.68. The summed E-state index contributed by atoms with van der Waals surface area (Å²) in [7, 11) is 0. The highest BCUT2D eigenvalue weighted by Crippen LogP contribution is 2.29. The van der Waals surface area contributed by atoms with Crippen molar-refractivity contribution in [1.82, 2.24) is 0 Å². The monoisotopic (exact) mass is 211 g/mol. The van der Waals surface area contributed by atoms with E-state index in [1.807, 2.05) is 0 Å². The molecule has 6 N–H and O–H groups in total. The van der Waals surface area contributed by atoms with Crippen LogP contribution in [0, 0.1) is 0 Å². The predicted molar refractivity (Wildman–Crippen MR) is 49.8 cm³/mol. The first-order valence-electron chi connectivity index (χ1n) is 4.39. The van der Waals surface area contributed by atoms with Crippen molar-refractivity contribution >= 4 is 5.97 Å². The van der Waals surface area contributed by atoms with Crippen LogP contribution in [0.4, 0.5) is 0 Å². The quantitative estimate of drug-likeness (QED) is 0.529. The Balaban J connectivity index is 0.00000112. The van der Waals surface area contributed by atoms with Crippen molar-refractivity contribution in [2.75, 3.05) is 0 Å². The van der Waals surface area contributed by atoms with Gasteiger partial charge in [0, 0.05) is 12.8 Å². The van der Waals surface area contributed by atoms with E-state index in [0.29, 0.717) is 12.8 Å². The van der Waals surface area contributed by atoms with E-state index in [1.54, 1.807) is 18.2 Å². The molecule has 5 nitrogen and oxygen atoms in total. The van der Waals surface area contributed by atoms with Gasteiger partial charge in [0.15, 0.2) is 0 Å². The van der Waals surface area contributed by atoms with Crippen LogP contribution in [0.1, 0.15) is 11.1 Å². The van der Waals surface area contributed by atoms with E-state index in [4.69, 9.17) is 0 Å². The Morgan fingerprint density at radius 2 is 2.00 bits per heavy atom. The fourth-order valence-corrected chi connectivity index (χ4v) is 1.89. The molecule has 15 heavy (non-hydrogen) atoms. The number of quaternary nitrogens is 1. The number of hydrogen-bond acceptors (Lipinski definition) is 3. The smallest absolute Gasteiger partial charge is 0.143 e. The number of hydrogen-bond donors (Lipinski definition) is 2. The minimum Gasteiger partial charge on any atom is -0.544 e. The summed E-state index contributed by atoms with van der Waals surface area (Å²) in [5, 5.41) is 20.1. The summed E-state index contributed by atoms with van der Waals surface area (Å²) >= 11 is 0. The molecule has 0 bridgehead atoms. The van der Waals surface area contributed by atoms with Crippen molar-refractivity contribution in [1.29, 1.82) is 0 Å². The van der Waals surface area contributed by atoms with Crippen molar-refractivity contribution in [3.63, 3.8) is 0 Å². The van der Waals surface area contributed by atoms with Crippen molar-refractivity contribution in [2.24, 2.45) is 0 Å². The fourth-order valence-electron chi connectivity index (χ4n) is 1.89. The summed E-state index contributed by atoms with van der Waals surface area (Å²) in [5.41, 5.74) is 4.39. The van der Waals surface area contributed by atoms with Gasteiger partial charge in [-0.3, -0.25) is 0 Å².